The Hall–Kier alpha value is -4.36. The fraction of sp³-hybridized carbons (Fsp3) is 0.452. The number of nitrogens with one attached hydrogen (secondary N) is 1. The lowest BCUT2D eigenvalue weighted by atomic mass is 9.96. The minimum atomic E-state index is -4.86. The molecule has 1 N–H and O–H groups in total. The summed E-state index contributed by atoms with van der Waals surface area (Å²) < 4.78 is 83.5. The van der Waals surface area contributed by atoms with E-state index in [1.54, 1.807) is 11.8 Å². The van der Waals surface area contributed by atoms with Gasteiger partial charge in [0, 0.05) is 25.8 Å². The largest absolute Gasteiger partial charge is 0.573 e. The van der Waals surface area contributed by atoms with E-state index in [0.717, 1.165) is 18.2 Å². The van der Waals surface area contributed by atoms with Gasteiger partial charge in [-0.3, -0.25) is 14.4 Å². The Kier molecular flexibility index (Phi) is 10.2. The number of esters is 1. The summed E-state index contributed by atoms with van der Waals surface area (Å²) in [7, 11) is 1.30. The second-order valence-corrected chi connectivity index (χ2v) is 10.8. The molecule has 1 fully saturated rings. The molecule has 1 unspecified atom stereocenters. The molecule has 4 rings (SSSR count). The molecular formula is C31H34F5N3O6. The first-order chi connectivity index (χ1) is 21.3. The zero-order valence-electron chi connectivity index (χ0n) is 25.2. The van der Waals surface area contributed by atoms with E-state index in [9.17, 15) is 31.9 Å². The Balaban J connectivity index is 1.69. The van der Waals surface area contributed by atoms with Gasteiger partial charge in [0.2, 0.25) is 5.43 Å². The maximum absolute atomic E-state index is 15.8. The maximum Gasteiger partial charge on any atom is 0.573 e. The SMILES string of the molecule is CCOC(=O)C1CCN(c2c(F)cc3c(=O)c(C(=O)NCc4ccc(OC(F)(F)F)cc4C)cn(C(C)CF)c3c2OC)CC1. The number of methoxy groups -OCH3 is 1. The molecule has 2 heterocycles. The van der Waals surface area contributed by atoms with Crippen LogP contribution in [0.5, 0.6) is 11.5 Å². The third kappa shape index (κ3) is 7.31. The fourth-order valence-corrected chi connectivity index (χ4v) is 5.45. The molecule has 1 aromatic heterocycles. The van der Waals surface area contributed by atoms with E-state index in [1.807, 2.05) is 0 Å². The van der Waals surface area contributed by atoms with Gasteiger partial charge in [0.1, 0.15) is 23.7 Å². The van der Waals surface area contributed by atoms with Crippen molar-refractivity contribution in [2.75, 3.05) is 38.4 Å². The van der Waals surface area contributed by atoms with Crippen molar-refractivity contribution in [1.82, 2.24) is 9.88 Å². The number of rotatable bonds is 10. The van der Waals surface area contributed by atoms with E-state index in [2.05, 4.69) is 10.1 Å². The Labute approximate surface area is 255 Å². The summed E-state index contributed by atoms with van der Waals surface area (Å²) in [5.41, 5.74) is -0.201. The van der Waals surface area contributed by atoms with Gasteiger partial charge in [-0.1, -0.05) is 6.07 Å². The number of hydrogen-bond acceptors (Lipinski definition) is 7. The van der Waals surface area contributed by atoms with Crippen LogP contribution < -0.4 is 25.1 Å². The number of benzene rings is 2. The highest BCUT2D eigenvalue weighted by molar-refractivity contribution is 6.00. The van der Waals surface area contributed by atoms with Crippen molar-refractivity contribution in [1.29, 1.82) is 0 Å². The zero-order chi connectivity index (χ0) is 33.1. The molecule has 2 aromatic carbocycles. The lowest BCUT2D eigenvalue weighted by Crippen LogP contribution is -2.38. The van der Waals surface area contributed by atoms with Crippen LogP contribution in [0.15, 0.2) is 35.3 Å². The van der Waals surface area contributed by atoms with E-state index in [-0.39, 0.29) is 52.9 Å². The Morgan fingerprint density at radius 1 is 1.16 bits per heavy atom. The van der Waals surface area contributed by atoms with Crippen molar-refractivity contribution >= 4 is 28.5 Å². The fourth-order valence-electron chi connectivity index (χ4n) is 5.45. The van der Waals surface area contributed by atoms with Crippen LogP contribution in [0.1, 0.15) is 54.2 Å². The van der Waals surface area contributed by atoms with Crippen LogP contribution in [0.4, 0.5) is 27.6 Å². The van der Waals surface area contributed by atoms with Gasteiger partial charge in [-0.2, -0.15) is 0 Å². The predicted molar refractivity (Wildman–Crippen MR) is 156 cm³/mol. The average Bonchev–Trinajstić information content (AvgIpc) is 2.99. The van der Waals surface area contributed by atoms with Crippen molar-refractivity contribution in [3.63, 3.8) is 0 Å². The van der Waals surface area contributed by atoms with Crippen LogP contribution in [0.2, 0.25) is 0 Å². The highest BCUT2D eigenvalue weighted by atomic mass is 19.4. The summed E-state index contributed by atoms with van der Waals surface area (Å²) in [5.74, 6) is -2.73. The van der Waals surface area contributed by atoms with Gasteiger partial charge in [0.05, 0.1) is 36.6 Å². The molecule has 244 valence electrons. The first kappa shape index (κ1) is 33.5. The number of anilines is 1. The van der Waals surface area contributed by atoms with Crippen LogP contribution in [-0.4, -0.2) is 56.3 Å². The molecule has 0 saturated carbocycles. The summed E-state index contributed by atoms with van der Waals surface area (Å²) in [4.78, 5) is 40.7. The number of carbonyl (C=O) groups excluding carboxylic acids is 2. The molecule has 1 aliphatic heterocycles. The quantitative estimate of drug-likeness (QED) is 0.228. The number of piperidine rings is 1. The van der Waals surface area contributed by atoms with Crippen LogP contribution >= 0.6 is 0 Å². The third-order valence-corrected chi connectivity index (χ3v) is 7.76. The first-order valence-electron chi connectivity index (χ1n) is 14.4. The van der Waals surface area contributed by atoms with Crippen molar-refractivity contribution in [3.05, 3.63) is 63.2 Å². The molecule has 0 bridgehead atoms. The van der Waals surface area contributed by atoms with E-state index in [1.165, 1.54) is 37.8 Å². The number of alkyl halides is 4. The number of pyridine rings is 1. The topological polar surface area (TPSA) is 99.1 Å². The summed E-state index contributed by atoms with van der Waals surface area (Å²) >= 11 is 0. The van der Waals surface area contributed by atoms with Gasteiger partial charge >= 0.3 is 12.3 Å². The zero-order valence-corrected chi connectivity index (χ0v) is 25.2. The van der Waals surface area contributed by atoms with Crippen molar-refractivity contribution < 1.29 is 45.8 Å². The average molecular weight is 640 g/mol. The minimum absolute atomic E-state index is 0.0132. The number of halogens is 5. The number of carbonyl (C=O) groups is 2. The minimum Gasteiger partial charge on any atom is -0.492 e. The third-order valence-electron chi connectivity index (χ3n) is 7.76. The molecule has 0 aliphatic carbocycles. The van der Waals surface area contributed by atoms with Gasteiger partial charge in [-0.05, 0) is 62.9 Å². The highest BCUT2D eigenvalue weighted by Crippen LogP contribution is 2.40. The first-order valence-corrected chi connectivity index (χ1v) is 14.4. The molecule has 14 heteroatoms. The van der Waals surface area contributed by atoms with Crippen molar-refractivity contribution in [3.8, 4) is 11.5 Å². The number of amides is 1. The van der Waals surface area contributed by atoms with E-state index < -0.39 is 42.0 Å². The molecular weight excluding hydrogens is 605 g/mol. The molecule has 1 aliphatic rings. The molecule has 3 aromatic rings. The number of ether oxygens (including phenoxy) is 3. The van der Waals surface area contributed by atoms with E-state index in [0.29, 0.717) is 37.1 Å². The summed E-state index contributed by atoms with van der Waals surface area (Å²) in [6.45, 7) is 4.59. The maximum atomic E-state index is 15.8. The van der Waals surface area contributed by atoms with Crippen LogP contribution in [0.25, 0.3) is 10.9 Å². The Bertz CT molecular complexity index is 1630. The van der Waals surface area contributed by atoms with Crippen LogP contribution in [0.3, 0.4) is 0 Å². The Morgan fingerprint density at radius 3 is 2.42 bits per heavy atom. The predicted octanol–water partition coefficient (Wildman–Crippen LogP) is 5.60. The lowest BCUT2D eigenvalue weighted by molar-refractivity contribution is -0.274. The molecule has 1 saturated heterocycles. The molecule has 1 atom stereocenters. The summed E-state index contributed by atoms with van der Waals surface area (Å²) in [6.07, 6.45) is -2.86. The molecule has 1 amide bonds. The molecule has 9 nitrogen and oxygen atoms in total. The number of nitrogens with zero attached hydrogens (tertiary/aromatic N) is 2. The monoisotopic (exact) mass is 639 g/mol. The van der Waals surface area contributed by atoms with Gasteiger partial charge in [-0.15, -0.1) is 13.2 Å². The Morgan fingerprint density at radius 2 is 1.84 bits per heavy atom. The second-order valence-electron chi connectivity index (χ2n) is 10.8. The summed E-state index contributed by atoms with van der Waals surface area (Å²) in [5, 5.41) is 2.36. The van der Waals surface area contributed by atoms with Crippen LogP contribution in [-0.2, 0) is 16.1 Å². The van der Waals surface area contributed by atoms with Gasteiger partial charge < -0.3 is 29.0 Å². The number of fused-ring (bicyclic) bond motifs is 1. The van der Waals surface area contributed by atoms with Crippen LogP contribution in [0, 0.1) is 18.7 Å². The summed E-state index contributed by atoms with van der Waals surface area (Å²) in [6, 6.07) is 3.71. The van der Waals surface area contributed by atoms with Crippen molar-refractivity contribution in [2.45, 2.75) is 52.6 Å². The van der Waals surface area contributed by atoms with E-state index in [4.69, 9.17) is 9.47 Å². The standard InChI is InChI=1S/C31H34F5N3O6/c1-5-44-30(42)19-8-10-38(11-9-19)26-24(33)13-22-25(28(26)43-4)39(18(3)14-32)16-23(27(22)40)29(41)37-15-20-6-7-21(12-17(20)2)45-31(34,35)36/h6-7,12-13,16,18-19H,5,8-11,14-15H2,1-4H3,(H,37,41). The van der Waals surface area contributed by atoms with Gasteiger partial charge in [0.15, 0.2) is 11.6 Å². The van der Waals surface area contributed by atoms with E-state index >= 15 is 4.39 Å². The number of aryl methyl sites for hydroxylation is 1. The lowest BCUT2D eigenvalue weighted by Gasteiger charge is -2.34. The smallest absolute Gasteiger partial charge is 0.492 e. The normalized spacial score (nSPS) is 14.7. The molecule has 0 radical (unpaired) electrons. The molecule has 45 heavy (non-hydrogen) atoms. The van der Waals surface area contributed by atoms with Crippen molar-refractivity contribution in [2.24, 2.45) is 5.92 Å². The molecule has 0 spiro atoms. The second kappa shape index (κ2) is 13.7. The number of hydrogen-bond donors (Lipinski definition) is 1. The van der Waals surface area contributed by atoms with Gasteiger partial charge in [-0.25, -0.2) is 8.78 Å². The number of aromatic nitrogens is 1. The highest BCUT2D eigenvalue weighted by Gasteiger charge is 2.32. The van der Waals surface area contributed by atoms with Gasteiger partial charge in [0.25, 0.3) is 5.91 Å².